The number of ether oxygens (including phenoxy) is 1. The predicted molar refractivity (Wildman–Crippen MR) is 65.3 cm³/mol. The summed E-state index contributed by atoms with van der Waals surface area (Å²) in [7, 11) is 0. The lowest BCUT2D eigenvalue weighted by Crippen LogP contribution is -2.50. The summed E-state index contributed by atoms with van der Waals surface area (Å²) in [5.74, 6) is 2.64. The molecule has 16 heavy (non-hydrogen) atoms. The zero-order valence-electron chi connectivity index (χ0n) is 10.2. The van der Waals surface area contributed by atoms with Crippen molar-refractivity contribution < 1.29 is 4.74 Å². The van der Waals surface area contributed by atoms with E-state index in [2.05, 4.69) is 24.4 Å². The lowest BCUT2D eigenvalue weighted by molar-refractivity contribution is 0.0264. The summed E-state index contributed by atoms with van der Waals surface area (Å²) in [4.78, 5) is 0. The molecule has 0 aromatic heterocycles. The Kier molecular flexibility index (Phi) is 2.80. The third kappa shape index (κ3) is 2.05. The van der Waals surface area contributed by atoms with Crippen molar-refractivity contribution in [2.75, 3.05) is 19.8 Å². The molecule has 1 saturated heterocycles. The van der Waals surface area contributed by atoms with E-state index >= 15 is 0 Å². The minimum Gasteiger partial charge on any atom is -0.380 e. The second-order valence-electron chi connectivity index (χ2n) is 6.14. The van der Waals surface area contributed by atoms with Crippen molar-refractivity contribution >= 4 is 0 Å². The zero-order valence-corrected chi connectivity index (χ0v) is 10.2. The molecule has 1 aliphatic heterocycles. The van der Waals surface area contributed by atoms with Crippen LogP contribution in [0.3, 0.4) is 0 Å². The summed E-state index contributed by atoms with van der Waals surface area (Å²) in [6, 6.07) is 0. The van der Waals surface area contributed by atoms with Gasteiger partial charge in [0, 0.05) is 12.1 Å². The molecule has 90 valence electrons. The fourth-order valence-electron chi connectivity index (χ4n) is 3.58. The van der Waals surface area contributed by atoms with Crippen molar-refractivity contribution in [1.29, 1.82) is 0 Å². The average Bonchev–Trinajstić information content (AvgIpc) is 2.89. The summed E-state index contributed by atoms with van der Waals surface area (Å²) < 4.78 is 5.59. The van der Waals surface area contributed by atoms with Crippen LogP contribution in [-0.4, -0.2) is 25.3 Å². The first-order chi connectivity index (χ1) is 7.75. The maximum absolute atomic E-state index is 5.59. The van der Waals surface area contributed by atoms with Crippen molar-refractivity contribution in [3.8, 4) is 0 Å². The maximum Gasteiger partial charge on any atom is 0.0645 e. The molecule has 2 heteroatoms. The van der Waals surface area contributed by atoms with E-state index < -0.39 is 0 Å². The van der Waals surface area contributed by atoms with E-state index in [1.807, 2.05) is 0 Å². The molecule has 1 saturated carbocycles. The van der Waals surface area contributed by atoms with Crippen molar-refractivity contribution in [1.82, 2.24) is 5.32 Å². The molecule has 0 aromatic carbocycles. The van der Waals surface area contributed by atoms with E-state index in [0.717, 1.165) is 31.0 Å². The molecule has 3 rings (SSSR count). The largest absolute Gasteiger partial charge is 0.380 e. The molecule has 0 spiro atoms. The van der Waals surface area contributed by atoms with Crippen LogP contribution in [0, 0.1) is 17.8 Å². The smallest absolute Gasteiger partial charge is 0.0645 e. The Balaban J connectivity index is 1.51. The van der Waals surface area contributed by atoms with Gasteiger partial charge in [0.2, 0.25) is 0 Å². The number of allylic oxidation sites excluding steroid dienone is 2. The van der Waals surface area contributed by atoms with Gasteiger partial charge in [0.1, 0.15) is 0 Å². The standard InChI is InChI=1S/C14H23NO/c1-14(5-2-6-16-10-14)15-9-13-8-11-3-4-12(13)7-11/h3-4,11-13,15H,2,5-10H2,1H3. The number of nitrogens with one attached hydrogen (secondary N) is 1. The Labute approximate surface area is 98.4 Å². The summed E-state index contributed by atoms with van der Waals surface area (Å²) in [5, 5.41) is 3.77. The Morgan fingerprint density at radius 2 is 2.31 bits per heavy atom. The molecular formula is C14H23NO. The summed E-state index contributed by atoms with van der Waals surface area (Å²) >= 11 is 0. The topological polar surface area (TPSA) is 21.3 Å². The van der Waals surface area contributed by atoms with Crippen LogP contribution in [0.1, 0.15) is 32.6 Å². The summed E-state index contributed by atoms with van der Waals surface area (Å²) in [5.41, 5.74) is 0.240. The highest BCUT2D eigenvalue weighted by Gasteiger charge is 2.37. The third-order valence-electron chi connectivity index (χ3n) is 4.65. The first-order valence-electron chi connectivity index (χ1n) is 6.76. The van der Waals surface area contributed by atoms with Gasteiger partial charge in [0.05, 0.1) is 6.61 Å². The molecule has 2 aliphatic carbocycles. The van der Waals surface area contributed by atoms with Crippen molar-refractivity contribution in [3.05, 3.63) is 12.2 Å². The minimum atomic E-state index is 0.240. The lowest BCUT2D eigenvalue weighted by Gasteiger charge is -2.36. The molecule has 0 radical (unpaired) electrons. The van der Waals surface area contributed by atoms with Crippen LogP contribution in [0.5, 0.6) is 0 Å². The summed E-state index contributed by atoms with van der Waals surface area (Å²) in [6.45, 7) is 5.35. The normalized spacial score (nSPS) is 46.4. The van der Waals surface area contributed by atoms with Crippen LogP contribution in [0.4, 0.5) is 0 Å². The van der Waals surface area contributed by atoms with Gasteiger partial charge < -0.3 is 10.1 Å². The summed E-state index contributed by atoms with van der Waals surface area (Å²) in [6.07, 6.45) is 10.2. The fourth-order valence-corrected chi connectivity index (χ4v) is 3.58. The highest BCUT2D eigenvalue weighted by Crippen LogP contribution is 2.43. The van der Waals surface area contributed by atoms with Gasteiger partial charge in [-0.25, -0.2) is 0 Å². The molecule has 3 aliphatic rings. The van der Waals surface area contributed by atoms with Gasteiger partial charge in [-0.05, 0) is 56.9 Å². The van der Waals surface area contributed by atoms with Gasteiger partial charge >= 0.3 is 0 Å². The van der Waals surface area contributed by atoms with E-state index in [1.165, 1.54) is 32.2 Å². The van der Waals surface area contributed by atoms with E-state index in [-0.39, 0.29) is 5.54 Å². The Bertz CT molecular complexity index is 280. The van der Waals surface area contributed by atoms with Crippen LogP contribution in [0.15, 0.2) is 12.2 Å². The quantitative estimate of drug-likeness (QED) is 0.739. The average molecular weight is 221 g/mol. The van der Waals surface area contributed by atoms with E-state index in [1.54, 1.807) is 0 Å². The zero-order chi connectivity index (χ0) is 11.0. The van der Waals surface area contributed by atoms with Gasteiger partial charge in [-0.1, -0.05) is 12.2 Å². The van der Waals surface area contributed by atoms with Gasteiger partial charge in [-0.3, -0.25) is 0 Å². The third-order valence-corrected chi connectivity index (χ3v) is 4.65. The monoisotopic (exact) mass is 221 g/mol. The van der Waals surface area contributed by atoms with Crippen LogP contribution in [0.25, 0.3) is 0 Å². The van der Waals surface area contributed by atoms with E-state index in [0.29, 0.717) is 0 Å². The molecule has 4 unspecified atom stereocenters. The van der Waals surface area contributed by atoms with Crippen LogP contribution in [-0.2, 0) is 4.74 Å². The highest BCUT2D eigenvalue weighted by molar-refractivity contribution is 5.10. The lowest BCUT2D eigenvalue weighted by atomic mass is 9.90. The first kappa shape index (κ1) is 10.8. The highest BCUT2D eigenvalue weighted by atomic mass is 16.5. The Morgan fingerprint density at radius 1 is 1.38 bits per heavy atom. The maximum atomic E-state index is 5.59. The van der Waals surface area contributed by atoms with E-state index in [9.17, 15) is 0 Å². The molecular weight excluding hydrogens is 198 g/mol. The molecule has 2 bridgehead atoms. The number of hydrogen-bond acceptors (Lipinski definition) is 2. The number of hydrogen-bond donors (Lipinski definition) is 1. The van der Waals surface area contributed by atoms with Crippen molar-refractivity contribution in [2.24, 2.45) is 17.8 Å². The molecule has 1 N–H and O–H groups in total. The molecule has 1 heterocycles. The molecule has 0 amide bonds. The second-order valence-corrected chi connectivity index (χ2v) is 6.14. The molecule has 2 fully saturated rings. The van der Waals surface area contributed by atoms with Gasteiger partial charge in [0.25, 0.3) is 0 Å². The molecule has 0 aromatic rings. The van der Waals surface area contributed by atoms with Crippen LogP contribution >= 0.6 is 0 Å². The predicted octanol–water partition coefficient (Wildman–Crippen LogP) is 2.36. The number of fused-ring (bicyclic) bond motifs is 2. The second kappa shape index (κ2) is 4.15. The van der Waals surface area contributed by atoms with Gasteiger partial charge in [-0.2, -0.15) is 0 Å². The SMILES string of the molecule is CC1(NCC2CC3C=CC2C3)CCCOC1. The molecule has 4 atom stereocenters. The molecule has 2 nitrogen and oxygen atoms in total. The minimum absolute atomic E-state index is 0.240. The van der Waals surface area contributed by atoms with Crippen LogP contribution in [0.2, 0.25) is 0 Å². The first-order valence-corrected chi connectivity index (χ1v) is 6.76. The van der Waals surface area contributed by atoms with Crippen molar-refractivity contribution in [2.45, 2.75) is 38.1 Å². The number of rotatable bonds is 3. The van der Waals surface area contributed by atoms with Crippen LogP contribution < -0.4 is 5.32 Å². The Morgan fingerprint density at radius 3 is 2.94 bits per heavy atom. The van der Waals surface area contributed by atoms with Crippen molar-refractivity contribution in [3.63, 3.8) is 0 Å². The van der Waals surface area contributed by atoms with Gasteiger partial charge in [0.15, 0.2) is 0 Å². The van der Waals surface area contributed by atoms with Gasteiger partial charge in [-0.15, -0.1) is 0 Å². The van der Waals surface area contributed by atoms with E-state index in [4.69, 9.17) is 4.74 Å². The Hall–Kier alpha value is -0.340. The fraction of sp³-hybridized carbons (Fsp3) is 0.857.